The predicted octanol–water partition coefficient (Wildman–Crippen LogP) is 2.64. The lowest BCUT2D eigenvalue weighted by Gasteiger charge is -2.17. The quantitative estimate of drug-likeness (QED) is 0.607. The fourth-order valence-electron chi connectivity index (χ4n) is 2.19. The molecule has 1 aliphatic heterocycles. The minimum Gasteiger partial charge on any atom is -0.312 e. The number of hydrogen-bond donors (Lipinski definition) is 0. The molecule has 1 fully saturated rings. The van der Waals surface area contributed by atoms with Crippen molar-refractivity contribution in [3.8, 4) is 0 Å². The molecule has 0 saturated heterocycles. The van der Waals surface area contributed by atoms with Gasteiger partial charge in [0.15, 0.2) is 0 Å². The van der Waals surface area contributed by atoms with E-state index in [1.807, 2.05) is 11.9 Å². The molecule has 1 aromatic rings. The van der Waals surface area contributed by atoms with Gasteiger partial charge in [-0.2, -0.15) is 0 Å². The molecular formula is C10H11NS. The summed E-state index contributed by atoms with van der Waals surface area (Å²) in [6, 6.07) is 9.61. The van der Waals surface area contributed by atoms with Crippen LogP contribution in [0, 0.1) is 0 Å². The normalized spacial score (nSPS) is 29.9. The fraction of sp³-hybridized carbons (Fsp3) is 0.400. The molecule has 1 aromatic carbocycles. The molecule has 12 heavy (non-hydrogen) atoms. The van der Waals surface area contributed by atoms with Crippen LogP contribution in [0.5, 0.6) is 0 Å². The number of anilines is 1. The van der Waals surface area contributed by atoms with Crippen LogP contribution in [0.2, 0.25) is 0 Å². The highest BCUT2D eigenvalue weighted by atomic mass is 32.2. The van der Waals surface area contributed by atoms with Crippen molar-refractivity contribution in [3.05, 3.63) is 29.8 Å². The lowest BCUT2D eigenvalue weighted by molar-refractivity contribution is 1.07. The van der Waals surface area contributed by atoms with Crippen LogP contribution in [0.4, 0.5) is 5.69 Å². The molecule has 0 N–H and O–H groups in total. The van der Waals surface area contributed by atoms with Gasteiger partial charge in [0, 0.05) is 18.2 Å². The van der Waals surface area contributed by atoms with Crippen LogP contribution in [0.3, 0.4) is 0 Å². The van der Waals surface area contributed by atoms with Crippen LogP contribution in [0.1, 0.15) is 17.9 Å². The standard InChI is InChI=1S/C10H11NS/c1-12-11-9-5-3-2-4-7(9)8-6-10(8)11/h2-5,8,10H,6H2,1H3. The van der Waals surface area contributed by atoms with Gasteiger partial charge >= 0.3 is 0 Å². The Kier molecular flexibility index (Phi) is 1.25. The van der Waals surface area contributed by atoms with Crippen molar-refractivity contribution >= 4 is 17.6 Å². The van der Waals surface area contributed by atoms with Gasteiger partial charge in [-0.15, -0.1) is 0 Å². The van der Waals surface area contributed by atoms with E-state index in [0.29, 0.717) is 0 Å². The summed E-state index contributed by atoms with van der Waals surface area (Å²) >= 11 is 1.86. The lowest BCUT2D eigenvalue weighted by atomic mass is 10.1. The second-order valence-corrected chi connectivity index (χ2v) is 4.24. The van der Waals surface area contributed by atoms with E-state index in [-0.39, 0.29) is 0 Å². The monoisotopic (exact) mass is 177 g/mol. The Morgan fingerprint density at radius 2 is 2.25 bits per heavy atom. The molecule has 0 amide bonds. The molecule has 0 spiro atoms. The van der Waals surface area contributed by atoms with Gasteiger partial charge in [0.1, 0.15) is 0 Å². The van der Waals surface area contributed by atoms with Crippen molar-refractivity contribution in [3.63, 3.8) is 0 Å². The highest BCUT2D eigenvalue weighted by Gasteiger charge is 2.50. The van der Waals surface area contributed by atoms with Crippen molar-refractivity contribution in [2.45, 2.75) is 18.4 Å². The third-order valence-corrected chi connectivity index (χ3v) is 3.69. The van der Waals surface area contributed by atoms with Gasteiger partial charge in [-0.05, 0) is 18.1 Å². The molecule has 1 nitrogen and oxygen atoms in total. The summed E-state index contributed by atoms with van der Waals surface area (Å²) in [5.74, 6) is 0.855. The second kappa shape index (κ2) is 2.19. The minimum absolute atomic E-state index is 0.817. The zero-order valence-electron chi connectivity index (χ0n) is 7.03. The van der Waals surface area contributed by atoms with Crippen LogP contribution >= 0.6 is 11.9 Å². The van der Waals surface area contributed by atoms with Gasteiger partial charge in [0.2, 0.25) is 0 Å². The second-order valence-electron chi connectivity index (χ2n) is 3.48. The molecule has 2 atom stereocenters. The predicted molar refractivity (Wildman–Crippen MR) is 53.6 cm³/mol. The molecule has 2 unspecified atom stereocenters. The molecule has 0 bridgehead atoms. The van der Waals surface area contributed by atoms with E-state index in [1.54, 1.807) is 5.56 Å². The molecule has 1 heterocycles. The topological polar surface area (TPSA) is 3.24 Å². The summed E-state index contributed by atoms with van der Waals surface area (Å²) in [7, 11) is 0. The summed E-state index contributed by atoms with van der Waals surface area (Å²) < 4.78 is 2.46. The minimum atomic E-state index is 0.817. The number of nitrogens with zero attached hydrogens (tertiary/aromatic N) is 1. The van der Waals surface area contributed by atoms with E-state index in [4.69, 9.17) is 0 Å². The van der Waals surface area contributed by atoms with Crippen LogP contribution in [-0.4, -0.2) is 12.3 Å². The van der Waals surface area contributed by atoms with E-state index >= 15 is 0 Å². The first-order chi connectivity index (χ1) is 5.92. The molecular weight excluding hydrogens is 166 g/mol. The average molecular weight is 177 g/mol. The maximum absolute atomic E-state index is 2.46. The van der Waals surface area contributed by atoms with E-state index < -0.39 is 0 Å². The Morgan fingerprint density at radius 1 is 1.42 bits per heavy atom. The van der Waals surface area contributed by atoms with Crippen molar-refractivity contribution in [2.24, 2.45) is 0 Å². The molecule has 2 heteroatoms. The maximum atomic E-state index is 2.46. The molecule has 1 saturated carbocycles. The lowest BCUT2D eigenvalue weighted by Crippen LogP contribution is -2.12. The maximum Gasteiger partial charge on any atom is 0.0508 e. The first-order valence-corrected chi connectivity index (χ1v) is 5.52. The van der Waals surface area contributed by atoms with E-state index in [2.05, 4.69) is 34.8 Å². The molecule has 2 aliphatic rings. The van der Waals surface area contributed by atoms with Gasteiger partial charge in [-0.25, -0.2) is 0 Å². The molecule has 62 valence electrons. The highest BCUT2D eigenvalue weighted by molar-refractivity contribution is 8.00. The smallest absolute Gasteiger partial charge is 0.0508 e. The van der Waals surface area contributed by atoms with E-state index in [0.717, 1.165) is 12.0 Å². The Morgan fingerprint density at radius 3 is 3.08 bits per heavy atom. The molecule has 1 aliphatic carbocycles. The first-order valence-electron chi connectivity index (χ1n) is 4.34. The van der Waals surface area contributed by atoms with Crippen molar-refractivity contribution in [1.82, 2.24) is 0 Å². The molecule has 3 rings (SSSR count). The first kappa shape index (κ1) is 6.84. The van der Waals surface area contributed by atoms with Crippen molar-refractivity contribution < 1.29 is 0 Å². The number of rotatable bonds is 1. The Balaban J connectivity index is 2.13. The van der Waals surface area contributed by atoms with Crippen LogP contribution in [0.15, 0.2) is 24.3 Å². The summed E-state index contributed by atoms with van der Waals surface area (Å²) in [6.45, 7) is 0. The van der Waals surface area contributed by atoms with Crippen molar-refractivity contribution in [1.29, 1.82) is 0 Å². The Bertz CT molecular complexity index is 323. The number of para-hydroxylation sites is 1. The summed E-state index contributed by atoms with van der Waals surface area (Å²) in [5, 5.41) is 0. The summed E-state index contributed by atoms with van der Waals surface area (Å²) in [5.41, 5.74) is 3.02. The molecule has 0 radical (unpaired) electrons. The zero-order chi connectivity index (χ0) is 8.13. The van der Waals surface area contributed by atoms with Gasteiger partial charge < -0.3 is 4.31 Å². The number of benzene rings is 1. The average Bonchev–Trinajstić information content (AvgIpc) is 2.83. The third kappa shape index (κ3) is 0.712. The third-order valence-electron chi connectivity index (χ3n) is 2.83. The van der Waals surface area contributed by atoms with Crippen molar-refractivity contribution in [2.75, 3.05) is 10.6 Å². The highest BCUT2D eigenvalue weighted by Crippen LogP contribution is 2.57. The Hall–Kier alpha value is -0.630. The van der Waals surface area contributed by atoms with Gasteiger partial charge in [-0.1, -0.05) is 30.1 Å². The fourth-order valence-corrected chi connectivity index (χ4v) is 3.06. The van der Waals surface area contributed by atoms with Gasteiger partial charge in [0.05, 0.1) is 5.69 Å². The van der Waals surface area contributed by atoms with E-state index in [1.165, 1.54) is 12.1 Å². The van der Waals surface area contributed by atoms with Gasteiger partial charge in [-0.3, -0.25) is 0 Å². The van der Waals surface area contributed by atoms with Crippen LogP contribution < -0.4 is 4.31 Å². The van der Waals surface area contributed by atoms with Gasteiger partial charge in [0.25, 0.3) is 0 Å². The Labute approximate surface area is 76.9 Å². The number of hydrogen-bond acceptors (Lipinski definition) is 2. The van der Waals surface area contributed by atoms with Crippen LogP contribution in [-0.2, 0) is 0 Å². The summed E-state index contributed by atoms with van der Waals surface area (Å²) in [6.07, 6.45) is 3.54. The zero-order valence-corrected chi connectivity index (χ0v) is 7.84. The van der Waals surface area contributed by atoms with E-state index in [9.17, 15) is 0 Å². The van der Waals surface area contributed by atoms with Crippen LogP contribution in [0.25, 0.3) is 0 Å². The molecule has 0 aromatic heterocycles. The summed E-state index contributed by atoms with van der Waals surface area (Å²) in [4.78, 5) is 0. The SMILES string of the molecule is CSN1c2ccccc2C2CC21. The largest absolute Gasteiger partial charge is 0.312 e. The number of fused-ring (bicyclic) bond motifs is 3.